The number of rotatable bonds is 21. The summed E-state index contributed by atoms with van der Waals surface area (Å²) in [5, 5.41) is 24.2. The molecule has 15 nitrogen and oxygen atoms in total. The maximum atomic E-state index is 14.4. The molecule has 15 heteroatoms. The van der Waals surface area contributed by atoms with Crippen LogP contribution in [0.25, 0.3) is 0 Å². The number of nitrogens with one attached hydrogen (secondary N) is 2. The van der Waals surface area contributed by atoms with Crippen LogP contribution < -0.4 is 27.0 Å². The fourth-order valence-electron chi connectivity index (χ4n) is 9.77. The minimum absolute atomic E-state index is 0.185. The highest BCUT2D eigenvalue weighted by molar-refractivity contribution is 5.89. The average Bonchev–Trinajstić information content (AvgIpc) is 3.86. The van der Waals surface area contributed by atoms with Crippen molar-refractivity contribution in [3.05, 3.63) is 126 Å². The molecule has 8 N–H and O–H groups in total. The second kappa shape index (κ2) is 21.4. The number of para-hydroxylation sites is 1. The van der Waals surface area contributed by atoms with Gasteiger partial charge in [-0.15, -0.1) is 13.2 Å². The highest BCUT2D eigenvalue weighted by atomic mass is 16.4. The third kappa shape index (κ3) is 12.3. The third-order valence-corrected chi connectivity index (χ3v) is 12.8. The molecule has 6 atom stereocenters. The van der Waals surface area contributed by atoms with Gasteiger partial charge in [0.1, 0.15) is 12.1 Å². The SMILES string of the molecule is C=CC[C@H]1CC[C@@H](c2ccc(CN(Cc3ccc([C@@H]4CC[C@H](CC=C)N4C(=O)[C@@H](NC(=O)O)C(C)(C)CC(N)=O)cc3)c3ccccc3)cc2)N1C(=O)[C@@H](NC(=O)O)C(C)(C)CC(N)=O. The minimum atomic E-state index is -1.37. The van der Waals surface area contributed by atoms with Crippen molar-refractivity contribution in [2.24, 2.45) is 22.3 Å². The fraction of sp³-hybridized carbons (Fsp3) is 0.440. The maximum Gasteiger partial charge on any atom is 0.405 e. The summed E-state index contributed by atoms with van der Waals surface area (Å²) in [5.41, 5.74) is 13.8. The highest BCUT2D eigenvalue weighted by Crippen LogP contribution is 2.42. The number of carbonyl (C=O) groups is 6. The summed E-state index contributed by atoms with van der Waals surface area (Å²) in [7, 11) is 0. The van der Waals surface area contributed by atoms with E-state index in [2.05, 4.69) is 40.8 Å². The molecule has 65 heavy (non-hydrogen) atoms. The maximum absolute atomic E-state index is 14.4. The van der Waals surface area contributed by atoms with Gasteiger partial charge in [-0.1, -0.05) is 107 Å². The number of amides is 6. The molecule has 0 saturated carbocycles. The van der Waals surface area contributed by atoms with Crippen LogP contribution in [0.2, 0.25) is 0 Å². The highest BCUT2D eigenvalue weighted by Gasteiger charge is 2.47. The van der Waals surface area contributed by atoms with Gasteiger partial charge in [0.15, 0.2) is 0 Å². The van der Waals surface area contributed by atoms with E-state index in [-0.39, 0.29) is 37.0 Å². The summed E-state index contributed by atoms with van der Waals surface area (Å²) >= 11 is 0. The lowest BCUT2D eigenvalue weighted by Gasteiger charge is -2.39. The fourth-order valence-corrected chi connectivity index (χ4v) is 9.77. The van der Waals surface area contributed by atoms with Crippen LogP contribution in [0.5, 0.6) is 0 Å². The van der Waals surface area contributed by atoms with Crippen LogP contribution in [-0.4, -0.2) is 80.0 Å². The predicted molar refractivity (Wildman–Crippen MR) is 249 cm³/mol. The van der Waals surface area contributed by atoms with E-state index in [0.717, 1.165) is 27.9 Å². The van der Waals surface area contributed by atoms with Crippen LogP contribution in [0.3, 0.4) is 0 Å². The molecule has 0 spiro atoms. The first-order chi connectivity index (χ1) is 30.8. The molecule has 0 radical (unpaired) electrons. The number of primary amides is 2. The lowest BCUT2D eigenvalue weighted by molar-refractivity contribution is -0.141. The van der Waals surface area contributed by atoms with Gasteiger partial charge in [0.25, 0.3) is 0 Å². The van der Waals surface area contributed by atoms with E-state index in [1.165, 1.54) is 0 Å². The number of carbonyl (C=O) groups excluding carboxylic acids is 4. The Morgan fingerprint density at radius 2 is 1.02 bits per heavy atom. The standard InChI is InChI=1S/C50H65N7O8/c1-7-12-37-24-26-39(56(37)45(60)43(53-47(62)63)49(3,4)28-41(51)58)34-20-16-32(17-21-34)30-55(36-14-10-9-11-15-36)31-33-18-22-35(23-19-33)40-27-25-38(13-8-2)57(40)46(61)44(54-48(64)65)50(5,6)29-42(52)59/h7-11,14-23,37-40,43-44,53-54H,1-2,12-13,24-31H2,3-6H3,(H2,51,58)(H2,52,59)(H,62,63)(H,64,65)/t37-,38-,39-,40-,43+,44+/m0/s1. The molecular weight excluding hydrogens is 827 g/mol. The van der Waals surface area contributed by atoms with Gasteiger partial charge in [-0.2, -0.15) is 0 Å². The molecule has 2 heterocycles. The molecule has 2 fully saturated rings. The van der Waals surface area contributed by atoms with E-state index >= 15 is 0 Å². The van der Waals surface area contributed by atoms with Crippen molar-refractivity contribution in [2.45, 2.75) is 128 Å². The van der Waals surface area contributed by atoms with Crippen molar-refractivity contribution in [1.29, 1.82) is 0 Å². The molecule has 0 bridgehead atoms. The van der Waals surface area contributed by atoms with Gasteiger partial charge in [-0.3, -0.25) is 19.2 Å². The van der Waals surface area contributed by atoms with E-state index in [1.54, 1.807) is 49.6 Å². The molecule has 0 aliphatic carbocycles. The zero-order valence-electron chi connectivity index (χ0n) is 37.9. The summed E-state index contributed by atoms with van der Waals surface area (Å²) in [6.07, 6.45) is 4.19. The van der Waals surface area contributed by atoms with E-state index in [0.29, 0.717) is 51.6 Å². The van der Waals surface area contributed by atoms with Gasteiger partial charge >= 0.3 is 12.2 Å². The van der Waals surface area contributed by atoms with Crippen molar-refractivity contribution < 1.29 is 39.0 Å². The summed E-state index contributed by atoms with van der Waals surface area (Å²) in [6, 6.07) is 22.8. The number of hydrogen-bond acceptors (Lipinski definition) is 7. The lowest BCUT2D eigenvalue weighted by Crippen LogP contribution is -2.57. The average molecular weight is 892 g/mol. The Hall–Kier alpha value is -6.64. The Morgan fingerprint density at radius 1 is 0.646 bits per heavy atom. The van der Waals surface area contributed by atoms with Gasteiger partial charge in [-0.05, 0) is 72.9 Å². The van der Waals surface area contributed by atoms with Crippen LogP contribution in [0, 0.1) is 10.8 Å². The molecule has 348 valence electrons. The van der Waals surface area contributed by atoms with Gasteiger partial charge < -0.3 is 47.0 Å². The largest absolute Gasteiger partial charge is 0.465 e. The lowest BCUT2D eigenvalue weighted by atomic mass is 9.79. The quantitative estimate of drug-likeness (QED) is 0.0594. The van der Waals surface area contributed by atoms with Gasteiger partial charge in [0.2, 0.25) is 23.6 Å². The number of carboxylic acid groups (broad SMARTS) is 2. The van der Waals surface area contributed by atoms with Gasteiger partial charge in [-0.25, -0.2) is 9.59 Å². The Labute approximate surface area is 381 Å². The summed E-state index contributed by atoms with van der Waals surface area (Å²) in [4.78, 5) is 82.4. The molecule has 0 unspecified atom stereocenters. The molecule has 2 aliphatic heterocycles. The first-order valence-corrected chi connectivity index (χ1v) is 22.2. The van der Waals surface area contributed by atoms with E-state index in [4.69, 9.17) is 11.5 Å². The van der Waals surface area contributed by atoms with Crippen LogP contribution in [0.15, 0.2) is 104 Å². The summed E-state index contributed by atoms with van der Waals surface area (Å²) < 4.78 is 0. The van der Waals surface area contributed by atoms with Crippen molar-refractivity contribution in [1.82, 2.24) is 20.4 Å². The number of anilines is 1. The van der Waals surface area contributed by atoms with E-state index in [9.17, 15) is 39.0 Å². The molecule has 5 rings (SSSR count). The summed E-state index contributed by atoms with van der Waals surface area (Å²) in [5.74, 6) is -2.09. The topological polar surface area (TPSA) is 229 Å². The number of nitrogens with two attached hydrogens (primary N) is 2. The molecular formula is C50H65N7O8. The Morgan fingerprint density at radius 3 is 1.34 bits per heavy atom. The Kier molecular flexibility index (Phi) is 16.2. The van der Waals surface area contributed by atoms with Crippen LogP contribution in [-0.2, 0) is 32.3 Å². The first kappa shape index (κ1) is 49.4. The predicted octanol–water partition coefficient (Wildman–Crippen LogP) is 7.19. The number of hydrogen-bond donors (Lipinski definition) is 6. The number of likely N-dealkylation sites (tertiary alicyclic amines) is 2. The smallest absolute Gasteiger partial charge is 0.405 e. The number of nitrogens with zero attached hydrogens (tertiary/aromatic N) is 3. The molecule has 3 aromatic rings. The normalized spacial score (nSPS) is 19.4. The minimum Gasteiger partial charge on any atom is -0.465 e. The molecule has 2 aliphatic rings. The van der Waals surface area contributed by atoms with Gasteiger partial charge in [0.05, 0.1) is 12.1 Å². The zero-order chi connectivity index (χ0) is 47.6. The molecule has 6 amide bonds. The molecule has 0 aromatic heterocycles. The van der Waals surface area contributed by atoms with E-state index < -0.39 is 58.7 Å². The van der Waals surface area contributed by atoms with Gasteiger partial charge in [0, 0.05) is 54.5 Å². The van der Waals surface area contributed by atoms with Crippen LogP contribution >= 0.6 is 0 Å². The third-order valence-electron chi connectivity index (χ3n) is 12.8. The summed E-state index contributed by atoms with van der Waals surface area (Å²) in [6.45, 7) is 15.5. The molecule has 3 aromatic carbocycles. The second-order valence-electron chi connectivity index (χ2n) is 18.7. The zero-order valence-corrected chi connectivity index (χ0v) is 37.9. The Bertz CT molecular complexity index is 2060. The molecule has 2 saturated heterocycles. The first-order valence-electron chi connectivity index (χ1n) is 22.2. The number of benzene rings is 3. The second-order valence-corrected chi connectivity index (χ2v) is 18.7. The van der Waals surface area contributed by atoms with Crippen molar-refractivity contribution in [2.75, 3.05) is 4.90 Å². The van der Waals surface area contributed by atoms with Crippen molar-refractivity contribution in [3.63, 3.8) is 0 Å². The van der Waals surface area contributed by atoms with E-state index in [1.807, 2.05) is 66.7 Å². The Balaban J connectivity index is 1.38. The van der Waals surface area contributed by atoms with Crippen LogP contribution in [0.4, 0.5) is 15.3 Å². The monoisotopic (exact) mass is 891 g/mol. The van der Waals surface area contributed by atoms with Crippen molar-refractivity contribution >= 4 is 41.5 Å². The van der Waals surface area contributed by atoms with Crippen LogP contribution in [0.1, 0.15) is 113 Å². The van der Waals surface area contributed by atoms with Crippen molar-refractivity contribution in [3.8, 4) is 0 Å².